The number of para-hydroxylation sites is 2. The van der Waals surface area contributed by atoms with Gasteiger partial charge in [0.05, 0.1) is 33.7 Å². The van der Waals surface area contributed by atoms with E-state index in [1.54, 1.807) is 55.6 Å². The summed E-state index contributed by atoms with van der Waals surface area (Å²) in [6.07, 6.45) is 0. The van der Waals surface area contributed by atoms with Gasteiger partial charge in [-0.15, -0.1) is 0 Å². The molecule has 9 heteroatoms. The number of methoxy groups -OCH3 is 1. The van der Waals surface area contributed by atoms with Crippen LogP contribution in [0.15, 0.2) is 71.6 Å². The number of halogens is 1. The van der Waals surface area contributed by atoms with Crippen LogP contribution in [0.3, 0.4) is 0 Å². The molecular weight excluding hydrogens is 436 g/mol. The Kier molecular flexibility index (Phi) is 5.67. The summed E-state index contributed by atoms with van der Waals surface area (Å²) in [5, 5.41) is 3.50. The van der Waals surface area contributed by atoms with E-state index in [9.17, 15) is 8.42 Å². The predicted molar refractivity (Wildman–Crippen MR) is 123 cm³/mol. The first kappa shape index (κ1) is 20.9. The minimum atomic E-state index is -3.89. The summed E-state index contributed by atoms with van der Waals surface area (Å²) in [7, 11) is -2.34. The van der Waals surface area contributed by atoms with Gasteiger partial charge in [-0.25, -0.2) is 18.4 Å². The molecule has 0 unspecified atom stereocenters. The lowest BCUT2D eigenvalue weighted by Crippen LogP contribution is -2.16. The fraction of sp³-hybridized carbons (Fsp3) is 0.0909. The molecule has 2 N–H and O–H groups in total. The van der Waals surface area contributed by atoms with Crippen molar-refractivity contribution in [3.05, 3.63) is 77.3 Å². The highest BCUT2D eigenvalue weighted by Gasteiger charge is 2.19. The smallest absolute Gasteiger partial charge is 0.263 e. The normalized spacial score (nSPS) is 11.3. The predicted octanol–water partition coefficient (Wildman–Crippen LogP) is 5.14. The summed E-state index contributed by atoms with van der Waals surface area (Å²) in [6.45, 7) is 1.89. The van der Waals surface area contributed by atoms with Crippen molar-refractivity contribution in [2.24, 2.45) is 0 Å². The fourth-order valence-corrected chi connectivity index (χ4v) is 4.09. The van der Waals surface area contributed by atoms with Crippen molar-refractivity contribution in [2.45, 2.75) is 11.8 Å². The molecule has 0 aliphatic carbocycles. The highest BCUT2D eigenvalue weighted by atomic mass is 35.5. The second-order valence-corrected chi connectivity index (χ2v) is 8.89. The zero-order chi connectivity index (χ0) is 22.0. The average molecular weight is 455 g/mol. The van der Waals surface area contributed by atoms with Crippen LogP contribution in [0, 0.1) is 6.92 Å². The molecule has 158 valence electrons. The molecule has 0 saturated carbocycles. The van der Waals surface area contributed by atoms with Crippen LogP contribution in [0.5, 0.6) is 5.75 Å². The van der Waals surface area contributed by atoms with E-state index < -0.39 is 10.0 Å². The molecule has 0 fully saturated rings. The molecular formula is C22H19ClN4O3S. The number of hydrogen-bond donors (Lipinski definition) is 2. The van der Waals surface area contributed by atoms with Gasteiger partial charge in [0, 0.05) is 6.07 Å². The molecule has 1 aromatic heterocycles. The van der Waals surface area contributed by atoms with Crippen molar-refractivity contribution >= 4 is 50.0 Å². The number of anilines is 3. The van der Waals surface area contributed by atoms with Crippen LogP contribution < -0.4 is 14.8 Å². The molecule has 0 atom stereocenters. The number of hydrogen-bond acceptors (Lipinski definition) is 6. The van der Waals surface area contributed by atoms with Crippen LogP contribution in [0.4, 0.5) is 17.3 Å². The molecule has 7 nitrogen and oxygen atoms in total. The molecule has 0 aliphatic heterocycles. The van der Waals surface area contributed by atoms with Crippen LogP contribution >= 0.6 is 11.6 Å². The fourth-order valence-electron chi connectivity index (χ4n) is 2.92. The van der Waals surface area contributed by atoms with Crippen LogP contribution in [0.25, 0.3) is 11.0 Å². The summed E-state index contributed by atoms with van der Waals surface area (Å²) >= 11 is 6.31. The van der Waals surface area contributed by atoms with E-state index >= 15 is 0 Å². The lowest BCUT2D eigenvalue weighted by atomic mass is 10.2. The Balaban J connectivity index is 1.79. The van der Waals surface area contributed by atoms with Crippen molar-refractivity contribution in [1.29, 1.82) is 0 Å². The Bertz CT molecular complexity index is 1360. The number of aryl methyl sites for hydroxylation is 1. The van der Waals surface area contributed by atoms with Gasteiger partial charge >= 0.3 is 0 Å². The maximum absolute atomic E-state index is 13.0. The van der Waals surface area contributed by atoms with Gasteiger partial charge in [0.15, 0.2) is 11.6 Å². The average Bonchev–Trinajstić information content (AvgIpc) is 2.75. The molecule has 0 amide bonds. The lowest BCUT2D eigenvalue weighted by molar-refractivity contribution is 0.415. The first-order chi connectivity index (χ1) is 14.9. The van der Waals surface area contributed by atoms with Crippen LogP contribution in [0.2, 0.25) is 5.02 Å². The lowest BCUT2D eigenvalue weighted by Gasteiger charge is -2.15. The number of nitrogens with one attached hydrogen (secondary N) is 2. The van der Waals surface area contributed by atoms with E-state index in [0.717, 1.165) is 5.56 Å². The first-order valence-electron chi connectivity index (χ1n) is 9.32. The van der Waals surface area contributed by atoms with Crippen molar-refractivity contribution in [3.63, 3.8) is 0 Å². The van der Waals surface area contributed by atoms with E-state index in [4.69, 9.17) is 16.3 Å². The Morgan fingerprint density at radius 3 is 2.19 bits per heavy atom. The number of aromatic nitrogens is 2. The third kappa shape index (κ3) is 4.55. The van der Waals surface area contributed by atoms with Gasteiger partial charge in [0.25, 0.3) is 10.0 Å². The zero-order valence-corrected chi connectivity index (χ0v) is 18.3. The standard InChI is InChI=1S/C22H19ClN4O3S/c1-14-7-10-16(11-8-14)31(28,29)27-22-21(24-18-5-3-4-6-19(18)25-22)26-20-13-15(30-2)9-12-17(20)23/h3-13H,1-2H3,(H,24,26)(H,25,27). The largest absolute Gasteiger partial charge is 0.497 e. The van der Waals surface area contributed by atoms with Gasteiger partial charge in [0.1, 0.15) is 5.75 Å². The second-order valence-electron chi connectivity index (χ2n) is 6.80. The van der Waals surface area contributed by atoms with Gasteiger partial charge in [-0.2, -0.15) is 0 Å². The molecule has 0 aliphatic rings. The second kappa shape index (κ2) is 8.41. The summed E-state index contributed by atoms with van der Waals surface area (Å²) in [5.74, 6) is 0.852. The van der Waals surface area contributed by atoms with Crippen molar-refractivity contribution in [1.82, 2.24) is 9.97 Å². The Morgan fingerprint density at radius 1 is 0.903 bits per heavy atom. The Labute approximate surface area is 185 Å². The Hall–Kier alpha value is -3.36. The third-order valence-electron chi connectivity index (χ3n) is 4.56. The summed E-state index contributed by atoms with van der Waals surface area (Å²) in [5.41, 5.74) is 2.61. The molecule has 0 spiro atoms. The SMILES string of the molecule is COc1ccc(Cl)c(Nc2nc3ccccc3nc2NS(=O)(=O)c2ccc(C)cc2)c1. The van der Waals surface area contributed by atoms with Gasteiger partial charge in [-0.1, -0.05) is 41.4 Å². The van der Waals surface area contributed by atoms with E-state index in [0.29, 0.717) is 27.5 Å². The van der Waals surface area contributed by atoms with Gasteiger partial charge < -0.3 is 10.1 Å². The highest BCUT2D eigenvalue weighted by molar-refractivity contribution is 7.92. The Morgan fingerprint density at radius 2 is 1.55 bits per heavy atom. The maximum Gasteiger partial charge on any atom is 0.263 e. The molecule has 4 aromatic rings. The monoisotopic (exact) mass is 454 g/mol. The van der Waals surface area contributed by atoms with Gasteiger partial charge in [-0.05, 0) is 43.3 Å². The summed E-state index contributed by atoms with van der Waals surface area (Å²) < 4.78 is 33.7. The summed E-state index contributed by atoms with van der Waals surface area (Å²) in [4.78, 5) is 9.16. The molecule has 3 aromatic carbocycles. The van der Waals surface area contributed by atoms with Crippen LogP contribution in [-0.2, 0) is 10.0 Å². The third-order valence-corrected chi connectivity index (χ3v) is 6.24. The van der Waals surface area contributed by atoms with Crippen molar-refractivity contribution in [3.8, 4) is 5.75 Å². The number of ether oxygens (including phenoxy) is 1. The van der Waals surface area contributed by atoms with Crippen LogP contribution in [-0.4, -0.2) is 25.5 Å². The number of nitrogens with zero attached hydrogens (tertiary/aromatic N) is 2. The van der Waals surface area contributed by atoms with E-state index in [2.05, 4.69) is 20.0 Å². The molecule has 0 saturated heterocycles. The molecule has 31 heavy (non-hydrogen) atoms. The zero-order valence-electron chi connectivity index (χ0n) is 16.8. The van der Waals surface area contributed by atoms with E-state index in [-0.39, 0.29) is 16.5 Å². The van der Waals surface area contributed by atoms with Crippen molar-refractivity contribution in [2.75, 3.05) is 17.1 Å². The van der Waals surface area contributed by atoms with Crippen molar-refractivity contribution < 1.29 is 13.2 Å². The summed E-state index contributed by atoms with van der Waals surface area (Å²) in [6, 6.07) is 18.8. The minimum Gasteiger partial charge on any atom is -0.497 e. The van der Waals surface area contributed by atoms with E-state index in [1.807, 2.05) is 13.0 Å². The molecule has 1 heterocycles. The number of benzene rings is 3. The maximum atomic E-state index is 13.0. The highest BCUT2D eigenvalue weighted by Crippen LogP contribution is 2.32. The molecule has 0 bridgehead atoms. The quantitative estimate of drug-likeness (QED) is 0.418. The van der Waals surface area contributed by atoms with Gasteiger partial charge in [-0.3, -0.25) is 4.72 Å². The topological polar surface area (TPSA) is 93.2 Å². The van der Waals surface area contributed by atoms with Gasteiger partial charge in [0.2, 0.25) is 0 Å². The van der Waals surface area contributed by atoms with Crippen LogP contribution in [0.1, 0.15) is 5.56 Å². The minimum absolute atomic E-state index is 0.0539. The molecule has 4 rings (SSSR count). The number of fused-ring (bicyclic) bond motifs is 1. The number of rotatable bonds is 6. The molecule has 0 radical (unpaired) electrons. The number of sulfonamides is 1. The first-order valence-corrected chi connectivity index (χ1v) is 11.2. The van der Waals surface area contributed by atoms with E-state index in [1.165, 1.54) is 12.1 Å².